The highest BCUT2D eigenvalue weighted by Gasteiger charge is 2.22. The smallest absolute Gasteiger partial charge is 0.339 e. The normalized spacial score (nSPS) is 10.9. The molecule has 124 valence electrons. The molecule has 3 N–H and O–H groups in total. The fourth-order valence-electron chi connectivity index (χ4n) is 2.61. The van der Waals surface area contributed by atoms with Crippen LogP contribution in [0.3, 0.4) is 0 Å². The lowest BCUT2D eigenvalue weighted by Crippen LogP contribution is -2.01. The van der Waals surface area contributed by atoms with Crippen molar-refractivity contribution >= 4 is 39.0 Å². The van der Waals surface area contributed by atoms with Gasteiger partial charge in [0.1, 0.15) is 22.2 Å². The molecule has 0 aliphatic rings. The molecule has 5 nitrogen and oxygen atoms in total. The van der Waals surface area contributed by atoms with Gasteiger partial charge in [-0.1, -0.05) is 18.2 Å². The molecule has 0 saturated carbocycles. The zero-order chi connectivity index (χ0) is 17.4. The summed E-state index contributed by atoms with van der Waals surface area (Å²) in [6, 6.07) is 13.4. The highest BCUT2D eigenvalue weighted by molar-refractivity contribution is 7.15. The highest BCUT2D eigenvalue weighted by atomic mass is 32.1. The van der Waals surface area contributed by atoms with Gasteiger partial charge in [0.2, 0.25) is 0 Å². The van der Waals surface area contributed by atoms with E-state index in [1.54, 1.807) is 17.5 Å². The highest BCUT2D eigenvalue weighted by Crippen LogP contribution is 2.36. The van der Waals surface area contributed by atoms with Crippen LogP contribution in [0.15, 0.2) is 53.9 Å². The van der Waals surface area contributed by atoms with E-state index in [1.165, 1.54) is 23.5 Å². The number of aromatic nitrogens is 2. The van der Waals surface area contributed by atoms with Crippen LogP contribution in [0.25, 0.3) is 22.4 Å². The number of imidazole rings is 1. The molecular weight excluding hydrogens is 341 g/mol. The largest absolute Gasteiger partial charge is 0.478 e. The molecule has 0 saturated heterocycles. The second-order valence-corrected chi connectivity index (χ2v) is 6.28. The van der Waals surface area contributed by atoms with Crippen LogP contribution in [-0.4, -0.2) is 21.0 Å². The molecule has 4 aromatic rings. The molecule has 0 aliphatic heterocycles. The van der Waals surface area contributed by atoms with E-state index < -0.39 is 11.8 Å². The summed E-state index contributed by atoms with van der Waals surface area (Å²) >= 11 is 1.24. The maximum absolute atomic E-state index is 13.3. The minimum absolute atomic E-state index is 0.105. The van der Waals surface area contributed by atoms with Crippen molar-refractivity contribution in [3.63, 3.8) is 0 Å². The van der Waals surface area contributed by atoms with E-state index in [9.17, 15) is 14.3 Å². The molecule has 0 amide bonds. The molecule has 0 spiro atoms. The summed E-state index contributed by atoms with van der Waals surface area (Å²) in [5, 5.41) is 14.8. The molecular formula is C18H12FN3O2S. The number of para-hydroxylation sites is 2. The van der Waals surface area contributed by atoms with Crippen molar-refractivity contribution in [1.82, 2.24) is 9.97 Å². The second-order valence-electron chi connectivity index (χ2n) is 5.40. The van der Waals surface area contributed by atoms with Crippen LogP contribution in [0.2, 0.25) is 0 Å². The third kappa shape index (κ3) is 2.85. The Hall–Kier alpha value is -3.19. The van der Waals surface area contributed by atoms with Crippen LogP contribution in [0, 0.1) is 5.82 Å². The number of hydrogen-bond acceptors (Lipinski definition) is 4. The lowest BCUT2D eigenvalue weighted by atomic mass is 10.1. The Labute approximate surface area is 145 Å². The summed E-state index contributed by atoms with van der Waals surface area (Å²) in [6.45, 7) is 0. The summed E-state index contributed by atoms with van der Waals surface area (Å²) in [5.74, 6) is -0.978. The second kappa shape index (κ2) is 6.03. The fourth-order valence-corrected chi connectivity index (χ4v) is 3.57. The van der Waals surface area contributed by atoms with Gasteiger partial charge in [0.05, 0.1) is 11.0 Å². The van der Waals surface area contributed by atoms with Crippen molar-refractivity contribution in [2.45, 2.75) is 0 Å². The first kappa shape index (κ1) is 15.3. The van der Waals surface area contributed by atoms with Gasteiger partial charge in [-0.15, -0.1) is 11.3 Å². The van der Waals surface area contributed by atoms with Gasteiger partial charge in [0, 0.05) is 16.6 Å². The monoisotopic (exact) mass is 353 g/mol. The predicted molar refractivity (Wildman–Crippen MR) is 96.0 cm³/mol. The summed E-state index contributed by atoms with van der Waals surface area (Å²) in [7, 11) is 0. The molecule has 0 unspecified atom stereocenters. The number of fused-ring (bicyclic) bond motifs is 1. The van der Waals surface area contributed by atoms with E-state index in [0.29, 0.717) is 22.1 Å². The molecule has 2 aromatic heterocycles. The lowest BCUT2D eigenvalue weighted by molar-refractivity contribution is 0.0699. The molecule has 0 radical (unpaired) electrons. The minimum atomic E-state index is -1.07. The van der Waals surface area contributed by atoms with Crippen LogP contribution in [0.4, 0.5) is 15.1 Å². The van der Waals surface area contributed by atoms with E-state index >= 15 is 0 Å². The number of benzene rings is 2. The van der Waals surface area contributed by atoms with Crippen LogP contribution < -0.4 is 5.32 Å². The fraction of sp³-hybridized carbons (Fsp3) is 0. The van der Waals surface area contributed by atoms with Crippen LogP contribution >= 0.6 is 11.3 Å². The van der Waals surface area contributed by atoms with Crippen molar-refractivity contribution in [3.05, 3.63) is 65.3 Å². The lowest BCUT2D eigenvalue weighted by Gasteiger charge is -2.06. The summed E-state index contributed by atoms with van der Waals surface area (Å²) in [4.78, 5) is 19.4. The van der Waals surface area contributed by atoms with Gasteiger partial charge in [0.25, 0.3) is 0 Å². The number of aromatic carboxylic acids is 1. The number of halogens is 1. The average molecular weight is 353 g/mol. The molecule has 2 heterocycles. The first-order chi connectivity index (χ1) is 12.1. The van der Waals surface area contributed by atoms with Crippen molar-refractivity contribution in [1.29, 1.82) is 0 Å². The average Bonchev–Trinajstić information content (AvgIpc) is 3.18. The quantitative estimate of drug-likeness (QED) is 0.489. The standard InChI is InChI=1S/C18H12FN3O2S/c19-10-4-3-5-11(8-10)20-17-15(18(23)24)12(9-25-17)16-21-13-6-1-2-7-14(13)22-16/h1-9,20H,(H,21,22)(H,23,24). The molecule has 0 aliphatic carbocycles. The van der Waals surface area contributed by atoms with Gasteiger partial charge < -0.3 is 15.4 Å². The van der Waals surface area contributed by atoms with E-state index in [2.05, 4.69) is 15.3 Å². The summed E-state index contributed by atoms with van der Waals surface area (Å²) < 4.78 is 13.3. The van der Waals surface area contributed by atoms with Gasteiger partial charge in [-0.2, -0.15) is 0 Å². The third-order valence-electron chi connectivity index (χ3n) is 3.73. The molecule has 7 heteroatoms. The zero-order valence-corrected chi connectivity index (χ0v) is 13.6. The number of carboxylic acids is 1. The molecule has 0 fully saturated rings. The Morgan fingerprint density at radius 3 is 2.80 bits per heavy atom. The first-order valence-electron chi connectivity index (χ1n) is 7.44. The van der Waals surface area contributed by atoms with Crippen LogP contribution in [-0.2, 0) is 0 Å². The van der Waals surface area contributed by atoms with Crippen LogP contribution in [0.1, 0.15) is 10.4 Å². The van der Waals surface area contributed by atoms with E-state index in [4.69, 9.17) is 0 Å². The minimum Gasteiger partial charge on any atom is -0.478 e. The molecule has 2 aromatic carbocycles. The SMILES string of the molecule is O=C(O)c1c(-c2nc3ccccc3[nH]2)csc1Nc1cccc(F)c1. The Morgan fingerprint density at radius 1 is 1.20 bits per heavy atom. The number of nitrogens with zero attached hydrogens (tertiary/aromatic N) is 1. The summed E-state index contributed by atoms with van der Waals surface area (Å²) in [5.41, 5.74) is 2.68. The van der Waals surface area contributed by atoms with Gasteiger partial charge in [-0.05, 0) is 30.3 Å². The topological polar surface area (TPSA) is 78.0 Å². The number of hydrogen-bond donors (Lipinski definition) is 3. The van der Waals surface area contributed by atoms with Gasteiger partial charge >= 0.3 is 5.97 Å². The van der Waals surface area contributed by atoms with E-state index in [0.717, 1.165) is 11.0 Å². The van der Waals surface area contributed by atoms with Gasteiger partial charge in [0.15, 0.2) is 0 Å². The predicted octanol–water partition coefficient (Wildman–Crippen LogP) is 4.87. The molecule has 25 heavy (non-hydrogen) atoms. The third-order valence-corrected chi connectivity index (χ3v) is 4.63. The van der Waals surface area contributed by atoms with Gasteiger partial charge in [-0.25, -0.2) is 14.2 Å². The number of thiophene rings is 1. The Kier molecular flexibility index (Phi) is 3.70. The number of H-pyrrole nitrogens is 1. The molecule has 0 bridgehead atoms. The Bertz CT molecular complexity index is 1050. The number of rotatable bonds is 4. The Morgan fingerprint density at radius 2 is 2.04 bits per heavy atom. The zero-order valence-electron chi connectivity index (χ0n) is 12.8. The maximum atomic E-state index is 13.3. The van der Waals surface area contributed by atoms with Crippen LogP contribution in [0.5, 0.6) is 0 Å². The van der Waals surface area contributed by atoms with Crippen molar-refractivity contribution in [3.8, 4) is 11.4 Å². The number of anilines is 2. The van der Waals surface area contributed by atoms with E-state index in [1.807, 2.05) is 24.3 Å². The van der Waals surface area contributed by atoms with E-state index in [-0.39, 0.29) is 5.56 Å². The molecule has 4 rings (SSSR count). The first-order valence-corrected chi connectivity index (χ1v) is 8.32. The number of aromatic amines is 1. The maximum Gasteiger partial charge on any atom is 0.339 e. The number of carbonyl (C=O) groups is 1. The van der Waals surface area contributed by atoms with Crippen molar-refractivity contribution < 1.29 is 14.3 Å². The van der Waals surface area contributed by atoms with Crippen molar-refractivity contribution in [2.24, 2.45) is 0 Å². The van der Waals surface area contributed by atoms with Crippen molar-refractivity contribution in [2.75, 3.05) is 5.32 Å². The Balaban J connectivity index is 1.79. The number of nitrogens with one attached hydrogen (secondary N) is 2. The summed E-state index contributed by atoms with van der Waals surface area (Å²) in [6.07, 6.45) is 0. The number of carboxylic acid groups (broad SMARTS) is 1. The van der Waals surface area contributed by atoms with Gasteiger partial charge in [-0.3, -0.25) is 0 Å². The molecule has 0 atom stereocenters.